The average molecular weight is 219 g/mol. The first kappa shape index (κ1) is 10.8. The zero-order chi connectivity index (χ0) is 11.7. The van der Waals surface area contributed by atoms with E-state index in [0.29, 0.717) is 6.54 Å². The summed E-state index contributed by atoms with van der Waals surface area (Å²) >= 11 is 0. The number of rotatable bonds is 1. The summed E-state index contributed by atoms with van der Waals surface area (Å²) in [5, 5.41) is 2.85. The van der Waals surface area contributed by atoms with Crippen molar-refractivity contribution in [2.24, 2.45) is 0 Å². The first-order valence-electron chi connectivity index (χ1n) is 5.50. The maximum atomic E-state index is 11.5. The van der Waals surface area contributed by atoms with Crippen LogP contribution in [0.3, 0.4) is 0 Å². The molecule has 86 valence electrons. The molecular formula is C12H17N3O. The van der Waals surface area contributed by atoms with Crippen LogP contribution in [0.25, 0.3) is 0 Å². The molecule has 1 atom stereocenters. The molecule has 0 saturated carbocycles. The molecule has 1 saturated heterocycles. The molecule has 16 heavy (non-hydrogen) atoms. The molecule has 1 heterocycles. The van der Waals surface area contributed by atoms with Gasteiger partial charge in [-0.15, -0.1) is 0 Å². The van der Waals surface area contributed by atoms with Crippen LogP contribution in [-0.2, 0) is 4.79 Å². The highest BCUT2D eigenvalue weighted by atomic mass is 16.2. The third kappa shape index (κ3) is 1.83. The SMILES string of the molecule is Cc1ccc(N2CCNC(=O)C2C)cc1N. The Labute approximate surface area is 95.4 Å². The van der Waals surface area contributed by atoms with Gasteiger partial charge in [0.05, 0.1) is 0 Å². The Morgan fingerprint density at radius 1 is 1.50 bits per heavy atom. The van der Waals surface area contributed by atoms with E-state index in [9.17, 15) is 4.79 Å². The van der Waals surface area contributed by atoms with E-state index in [1.165, 1.54) is 0 Å². The fourth-order valence-electron chi connectivity index (χ4n) is 1.94. The third-order valence-electron chi connectivity index (χ3n) is 3.09. The van der Waals surface area contributed by atoms with E-state index in [4.69, 9.17) is 5.73 Å². The summed E-state index contributed by atoms with van der Waals surface area (Å²) in [6, 6.07) is 5.81. The van der Waals surface area contributed by atoms with Crippen LogP contribution in [0.15, 0.2) is 18.2 Å². The third-order valence-corrected chi connectivity index (χ3v) is 3.09. The van der Waals surface area contributed by atoms with Gasteiger partial charge in [-0.1, -0.05) is 6.07 Å². The molecule has 4 nitrogen and oxygen atoms in total. The number of hydrogen-bond acceptors (Lipinski definition) is 3. The van der Waals surface area contributed by atoms with Crippen molar-refractivity contribution < 1.29 is 4.79 Å². The zero-order valence-corrected chi connectivity index (χ0v) is 9.66. The topological polar surface area (TPSA) is 58.4 Å². The number of hydrogen-bond donors (Lipinski definition) is 2. The molecule has 0 bridgehead atoms. The van der Waals surface area contributed by atoms with Gasteiger partial charge in [0, 0.05) is 24.5 Å². The largest absolute Gasteiger partial charge is 0.398 e. The Kier molecular flexibility index (Phi) is 2.73. The number of anilines is 2. The number of piperazine rings is 1. The van der Waals surface area contributed by atoms with E-state index in [2.05, 4.69) is 10.2 Å². The lowest BCUT2D eigenvalue weighted by molar-refractivity contribution is -0.122. The molecule has 0 aromatic heterocycles. The molecule has 1 aromatic rings. The highest BCUT2D eigenvalue weighted by Gasteiger charge is 2.25. The van der Waals surface area contributed by atoms with Crippen molar-refractivity contribution in [3.63, 3.8) is 0 Å². The standard InChI is InChI=1S/C12H17N3O/c1-8-3-4-10(7-11(8)13)15-6-5-14-12(16)9(15)2/h3-4,7,9H,5-6,13H2,1-2H3,(H,14,16). The number of aryl methyl sites for hydroxylation is 1. The summed E-state index contributed by atoms with van der Waals surface area (Å²) in [6.45, 7) is 5.41. The predicted molar refractivity (Wildman–Crippen MR) is 65.4 cm³/mol. The zero-order valence-electron chi connectivity index (χ0n) is 9.66. The van der Waals surface area contributed by atoms with Gasteiger partial charge < -0.3 is 16.0 Å². The fraction of sp³-hybridized carbons (Fsp3) is 0.417. The van der Waals surface area contributed by atoms with Gasteiger partial charge in [0.25, 0.3) is 0 Å². The lowest BCUT2D eigenvalue weighted by Crippen LogP contribution is -2.54. The van der Waals surface area contributed by atoms with E-state index in [0.717, 1.165) is 23.5 Å². The van der Waals surface area contributed by atoms with Crippen LogP contribution in [0.5, 0.6) is 0 Å². The second-order valence-corrected chi connectivity index (χ2v) is 4.20. The van der Waals surface area contributed by atoms with E-state index in [-0.39, 0.29) is 11.9 Å². The van der Waals surface area contributed by atoms with Crippen LogP contribution in [0, 0.1) is 6.92 Å². The van der Waals surface area contributed by atoms with Crippen molar-refractivity contribution in [2.75, 3.05) is 23.7 Å². The maximum Gasteiger partial charge on any atom is 0.242 e. The van der Waals surface area contributed by atoms with Crippen molar-refractivity contribution in [3.8, 4) is 0 Å². The van der Waals surface area contributed by atoms with Gasteiger partial charge in [0.2, 0.25) is 5.91 Å². The van der Waals surface area contributed by atoms with Gasteiger partial charge in [-0.05, 0) is 31.5 Å². The van der Waals surface area contributed by atoms with Crippen LogP contribution in [0.1, 0.15) is 12.5 Å². The minimum absolute atomic E-state index is 0.0744. The molecule has 2 rings (SSSR count). The van der Waals surface area contributed by atoms with E-state index in [1.54, 1.807) is 0 Å². The number of benzene rings is 1. The van der Waals surface area contributed by atoms with Gasteiger partial charge in [-0.25, -0.2) is 0 Å². The minimum Gasteiger partial charge on any atom is -0.398 e. The summed E-state index contributed by atoms with van der Waals surface area (Å²) in [5.74, 6) is 0.0744. The molecule has 1 aliphatic rings. The second kappa shape index (κ2) is 4.04. The lowest BCUT2D eigenvalue weighted by atomic mass is 10.1. The number of carbonyl (C=O) groups excluding carboxylic acids is 1. The lowest BCUT2D eigenvalue weighted by Gasteiger charge is -2.34. The molecule has 0 spiro atoms. The summed E-state index contributed by atoms with van der Waals surface area (Å²) in [6.07, 6.45) is 0. The van der Waals surface area contributed by atoms with Crippen LogP contribution < -0.4 is 16.0 Å². The molecule has 3 N–H and O–H groups in total. The Morgan fingerprint density at radius 2 is 2.25 bits per heavy atom. The van der Waals surface area contributed by atoms with Crippen molar-refractivity contribution in [1.29, 1.82) is 0 Å². The first-order valence-corrected chi connectivity index (χ1v) is 5.50. The monoisotopic (exact) mass is 219 g/mol. The van der Waals surface area contributed by atoms with Gasteiger partial charge in [0.15, 0.2) is 0 Å². The normalized spacial score (nSPS) is 20.8. The molecule has 4 heteroatoms. The summed E-state index contributed by atoms with van der Waals surface area (Å²) < 4.78 is 0. The predicted octanol–water partition coefficient (Wildman–Crippen LogP) is 0.902. The average Bonchev–Trinajstić information content (AvgIpc) is 2.26. The number of nitrogens with zero attached hydrogens (tertiary/aromatic N) is 1. The number of nitrogens with two attached hydrogens (primary N) is 1. The minimum atomic E-state index is -0.129. The maximum absolute atomic E-state index is 11.5. The molecule has 1 amide bonds. The summed E-state index contributed by atoms with van der Waals surface area (Å²) in [7, 11) is 0. The molecule has 0 radical (unpaired) electrons. The number of nitrogens with one attached hydrogen (secondary N) is 1. The Balaban J connectivity index is 2.29. The highest BCUT2D eigenvalue weighted by molar-refractivity contribution is 5.86. The Morgan fingerprint density at radius 3 is 2.94 bits per heavy atom. The van der Waals surface area contributed by atoms with E-state index in [1.807, 2.05) is 32.0 Å². The number of amides is 1. The van der Waals surface area contributed by atoms with Gasteiger partial charge >= 0.3 is 0 Å². The quantitative estimate of drug-likeness (QED) is 0.690. The Bertz CT molecular complexity index is 417. The summed E-state index contributed by atoms with van der Waals surface area (Å²) in [4.78, 5) is 13.6. The van der Waals surface area contributed by atoms with Gasteiger partial charge in [-0.3, -0.25) is 4.79 Å². The van der Waals surface area contributed by atoms with Crippen molar-refractivity contribution >= 4 is 17.3 Å². The Hall–Kier alpha value is -1.71. The van der Waals surface area contributed by atoms with Crippen LogP contribution in [0.2, 0.25) is 0 Å². The highest BCUT2D eigenvalue weighted by Crippen LogP contribution is 2.23. The van der Waals surface area contributed by atoms with Crippen LogP contribution in [-0.4, -0.2) is 25.0 Å². The smallest absolute Gasteiger partial charge is 0.242 e. The van der Waals surface area contributed by atoms with E-state index >= 15 is 0 Å². The first-order chi connectivity index (χ1) is 7.59. The molecular weight excluding hydrogens is 202 g/mol. The van der Waals surface area contributed by atoms with Gasteiger partial charge in [0.1, 0.15) is 6.04 Å². The van der Waals surface area contributed by atoms with Crippen molar-refractivity contribution in [2.45, 2.75) is 19.9 Å². The molecule has 0 aliphatic carbocycles. The molecule has 1 fully saturated rings. The second-order valence-electron chi connectivity index (χ2n) is 4.20. The van der Waals surface area contributed by atoms with Crippen LogP contribution in [0.4, 0.5) is 11.4 Å². The number of nitrogen functional groups attached to an aromatic ring is 1. The molecule has 1 aliphatic heterocycles. The van der Waals surface area contributed by atoms with E-state index < -0.39 is 0 Å². The fourth-order valence-corrected chi connectivity index (χ4v) is 1.94. The molecule has 1 aromatic carbocycles. The van der Waals surface area contributed by atoms with Crippen molar-refractivity contribution in [1.82, 2.24) is 5.32 Å². The van der Waals surface area contributed by atoms with Crippen LogP contribution >= 0.6 is 0 Å². The van der Waals surface area contributed by atoms with Crippen molar-refractivity contribution in [3.05, 3.63) is 23.8 Å². The summed E-state index contributed by atoms with van der Waals surface area (Å²) in [5.41, 5.74) is 8.74. The molecule has 1 unspecified atom stereocenters. The number of carbonyl (C=O) groups is 1. The van der Waals surface area contributed by atoms with Gasteiger partial charge in [-0.2, -0.15) is 0 Å².